The quantitative estimate of drug-likeness (QED) is 0.387. The summed E-state index contributed by atoms with van der Waals surface area (Å²) >= 11 is 6.34. The van der Waals surface area contributed by atoms with Crippen molar-refractivity contribution in [2.75, 3.05) is 18.5 Å². The summed E-state index contributed by atoms with van der Waals surface area (Å²) in [6, 6.07) is 25.6. The molecule has 0 bridgehead atoms. The van der Waals surface area contributed by atoms with Gasteiger partial charge >= 0.3 is 0 Å². The fourth-order valence-corrected chi connectivity index (χ4v) is 5.99. The molecule has 0 fully saturated rings. The minimum Gasteiger partial charge on any atom is -0.482 e. The number of benzene rings is 4. The van der Waals surface area contributed by atoms with E-state index in [1.807, 2.05) is 66.7 Å². The molecule has 1 N–H and O–H groups in total. The molecule has 0 unspecified atom stereocenters. The number of halogens is 1. The molecule has 1 amide bonds. The zero-order valence-electron chi connectivity index (χ0n) is 18.8. The van der Waals surface area contributed by atoms with Crippen LogP contribution in [0.1, 0.15) is 11.1 Å². The fraction of sp³-hybridized carbons (Fsp3) is 0.148. The highest BCUT2D eigenvalue weighted by Crippen LogP contribution is 2.31. The lowest BCUT2D eigenvalue weighted by Crippen LogP contribution is -2.35. The number of rotatable bonds is 6. The Balaban J connectivity index is 1.26. The van der Waals surface area contributed by atoms with Crippen molar-refractivity contribution >= 4 is 44.0 Å². The number of fused-ring (bicyclic) bond motifs is 2. The van der Waals surface area contributed by atoms with E-state index in [0.717, 1.165) is 16.3 Å². The van der Waals surface area contributed by atoms with Gasteiger partial charge in [0, 0.05) is 24.2 Å². The van der Waals surface area contributed by atoms with Crippen LogP contribution in [0.5, 0.6) is 5.75 Å². The SMILES string of the molecule is O=C(COc1ccc(S(=O)(=O)N2CCc3ccccc3C2)cc1Cl)Nc1cccc2ccccc12. The van der Waals surface area contributed by atoms with Crippen LogP contribution < -0.4 is 10.1 Å². The van der Waals surface area contributed by atoms with Gasteiger partial charge in [0.25, 0.3) is 5.91 Å². The van der Waals surface area contributed by atoms with Crippen molar-refractivity contribution in [3.05, 3.63) is 101 Å². The summed E-state index contributed by atoms with van der Waals surface area (Å²) in [6.45, 7) is 0.463. The van der Waals surface area contributed by atoms with E-state index < -0.39 is 10.0 Å². The predicted octanol–water partition coefficient (Wildman–Crippen LogP) is 5.26. The maximum atomic E-state index is 13.2. The Labute approximate surface area is 209 Å². The van der Waals surface area contributed by atoms with Crippen LogP contribution in [0.2, 0.25) is 5.02 Å². The highest BCUT2D eigenvalue weighted by molar-refractivity contribution is 7.89. The van der Waals surface area contributed by atoms with Crippen molar-refractivity contribution in [1.29, 1.82) is 0 Å². The molecular formula is C27H23ClN2O4S. The van der Waals surface area contributed by atoms with Crippen molar-refractivity contribution in [2.24, 2.45) is 0 Å². The van der Waals surface area contributed by atoms with E-state index in [1.54, 1.807) is 0 Å². The molecule has 8 heteroatoms. The molecule has 0 saturated carbocycles. The van der Waals surface area contributed by atoms with E-state index in [2.05, 4.69) is 5.32 Å². The number of sulfonamides is 1. The van der Waals surface area contributed by atoms with E-state index in [1.165, 1.54) is 28.1 Å². The summed E-state index contributed by atoms with van der Waals surface area (Å²) < 4.78 is 33.4. The van der Waals surface area contributed by atoms with Crippen LogP contribution in [0.3, 0.4) is 0 Å². The number of hydrogen-bond acceptors (Lipinski definition) is 4. The van der Waals surface area contributed by atoms with Gasteiger partial charge in [0.15, 0.2) is 6.61 Å². The molecule has 0 atom stereocenters. The number of amides is 1. The topological polar surface area (TPSA) is 75.7 Å². The van der Waals surface area contributed by atoms with Crippen molar-refractivity contribution in [2.45, 2.75) is 17.9 Å². The summed E-state index contributed by atoms with van der Waals surface area (Å²) in [6.07, 6.45) is 0.663. The second kappa shape index (κ2) is 9.70. The van der Waals surface area contributed by atoms with Crippen LogP contribution in [0.4, 0.5) is 5.69 Å². The Morgan fingerprint density at radius 2 is 1.69 bits per heavy atom. The van der Waals surface area contributed by atoms with Crippen LogP contribution in [-0.2, 0) is 27.8 Å². The molecule has 4 aromatic carbocycles. The Bertz CT molecular complexity index is 1520. The van der Waals surface area contributed by atoms with E-state index in [4.69, 9.17) is 16.3 Å². The third-order valence-corrected chi connectivity index (χ3v) is 8.20. The minimum absolute atomic E-state index is 0.0921. The van der Waals surface area contributed by atoms with Gasteiger partial charge < -0.3 is 10.1 Å². The molecule has 1 heterocycles. The second-order valence-electron chi connectivity index (χ2n) is 8.31. The zero-order valence-corrected chi connectivity index (χ0v) is 20.4. The molecule has 5 rings (SSSR count). The smallest absolute Gasteiger partial charge is 0.262 e. The lowest BCUT2D eigenvalue weighted by Gasteiger charge is -2.28. The first kappa shape index (κ1) is 23.4. The second-order valence-corrected chi connectivity index (χ2v) is 10.7. The van der Waals surface area contributed by atoms with Gasteiger partial charge in [0.05, 0.1) is 9.92 Å². The Kier molecular flexibility index (Phi) is 6.47. The Morgan fingerprint density at radius 1 is 0.943 bits per heavy atom. The highest BCUT2D eigenvalue weighted by Gasteiger charge is 2.28. The molecule has 1 aliphatic rings. The molecule has 4 aromatic rings. The maximum Gasteiger partial charge on any atom is 0.262 e. The average Bonchev–Trinajstić information content (AvgIpc) is 2.88. The minimum atomic E-state index is -3.72. The Morgan fingerprint density at radius 3 is 2.51 bits per heavy atom. The van der Waals surface area contributed by atoms with E-state index in [0.29, 0.717) is 25.2 Å². The zero-order chi connectivity index (χ0) is 24.4. The number of nitrogens with zero attached hydrogens (tertiary/aromatic N) is 1. The van der Waals surface area contributed by atoms with Gasteiger partial charge in [-0.15, -0.1) is 0 Å². The first-order valence-corrected chi connectivity index (χ1v) is 13.0. The molecule has 35 heavy (non-hydrogen) atoms. The number of carbonyl (C=O) groups is 1. The standard InChI is InChI=1S/C27H23ClN2O4S/c28-24-16-22(35(32,33)30-15-14-19-6-1-2-8-21(19)17-30)12-13-26(24)34-18-27(31)29-25-11-5-9-20-7-3-4-10-23(20)25/h1-13,16H,14-15,17-18H2,(H,29,31). The first-order valence-electron chi connectivity index (χ1n) is 11.2. The molecule has 1 aliphatic heterocycles. The third kappa shape index (κ3) is 4.89. The maximum absolute atomic E-state index is 13.2. The van der Waals surface area contributed by atoms with Crippen LogP contribution in [0.25, 0.3) is 10.8 Å². The van der Waals surface area contributed by atoms with Crippen molar-refractivity contribution < 1.29 is 17.9 Å². The molecule has 0 aliphatic carbocycles. The van der Waals surface area contributed by atoms with Gasteiger partial charge in [-0.1, -0.05) is 72.3 Å². The molecule has 0 spiro atoms. The van der Waals surface area contributed by atoms with E-state index in [9.17, 15) is 13.2 Å². The molecule has 0 aromatic heterocycles. The van der Waals surface area contributed by atoms with Crippen LogP contribution in [0, 0.1) is 0 Å². The summed E-state index contributed by atoms with van der Waals surface area (Å²) in [5.74, 6) is -0.108. The predicted molar refractivity (Wildman–Crippen MR) is 137 cm³/mol. The normalized spacial score (nSPS) is 13.9. The van der Waals surface area contributed by atoms with Gasteiger partial charge in [-0.2, -0.15) is 4.31 Å². The van der Waals surface area contributed by atoms with Gasteiger partial charge in [0.1, 0.15) is 5.75 Å². The number of nitrogens with one attached hydrogen (secondary N) is 1. The van der Waals surface area contributed by atoms with Crippen molar-refractivity contribution in [3.63, 3.8) is 0 Å². The number of anilines is 1. The molecular weight excluding hydrogens is 484 g/mol. The lowest BCUT2D eigenvalue weighted by molar-refractivity contribution is -0.118. The van der Waals surface area contributed by atoms with Gasteiger partial charge in [-0.05, 0) is 47.2 Å². The summed E-state index contributed by atoms with van der Waals surface area (Å²) in [5.41, 5.74) is 2.86. The largest absolute Gasteiger partial charge is 0.482 e. The number of hydrogen-bond donors (Lipinski definition) is 1. The van der Waals surface area contributed by atoms with E-state index >= 15 is 0 Å². The first-order chi connectivity index (χ1) is 16.9. The van der Waals surface area contributed by atoms with Crippen molar-refractivity contribution in [3.8, 4) is 5.75 Å². The fourth-order valence-electron chi connectivity index (χ4n) is 4.25. The summed E-state index contributed by atoms with van der Waals surface area (Å²) in [4.78, 5) is 12.6. The van der Waals surface area contributed by atoms with Gasteiger partial charge in [-0.3, -0.25) is 4.79 Å². The van der Waals surface area contributed by atoms with Crippen LogP contribution in [-0.4, -0.2) is 31.8 Å². The average molecular weight is 507 g/mol. The van der Waals surface area contributed by atoms with Gasteiger partial charge in [0.2, 0.25) is 10.0 Å². The Hall–Kier alpha value is -3.39. The van der Waals surface area contributed by atoms with Crippen LogP contribution in [0.15, 0.2) is 89.8 Å². The molecule has 0 saturated heterocycles. The van der Waals surface area contributed by atoms with E-state index in [-0.39, 0.29) is 28.2 Å². The monoisotopic (exact) mass is 506 g/mol. The molecule has 6 nitrogen and oxygen atoms in total. The lowest BCUT2D eigenvalue weighted by atomic mass is 10.0. The summed E-state index contributed by atoms with van der Waals surface area (Å²) in [5, 5.41) is 4.92. The summed E-state index contributed by atoms with van der Waals surface area (Å²) in [7, 11) is -3.72. The van der Waals surface area contributed by atoms with Crippen molar-refractivity contribution in [1.82, 2.24) is 4.31 Å². The third-order valence-electron chi connectivity index (χ3n) is 6.06. The molecule has 178 valence electrons. The van der Waals surface area contributed by atoms with Crippen LogP contribution >= 0.6 is 11.6 Å². The van der Waals surface area contributed by atoms with Gasteiger partial charge in [-0.25, -0.2) is 8.42 Å². The number of ether oxygens (including phenoxy) is 1. The molecule has 0 radical (unpaired) electrons. The number of carbonyl (C=O) groups excluding carboxylic acids is 1. The highest BCUT2D eigenvalue weighted by atomic mass is 35.5.